The molecule has 0 amide bonds. The average molecular weight is 230 g/mol. The first-order valence-corrected chi connectivity index (χ1v) is 5.02. The molecule has 2 N–H and O–H groups in total. The minimum absolute atomic E-state index is 0.216. The van der Waals surface area contributed by atoms with Crippen molar-refractivity contribution in [2.75, 3.05) is 6.61 Å². The molecule has 0 aliphatic rings. The quantitative estimate of drug-likeness (QED) is 0.838. The summed E-state index contributed by atoms with van der Waals surface area (Å²) < 4.78 is 25.3. The number of benzene rings is 1. The van der Waals surface area contributed by atoms with Gasteiger partial charge in [0.1, 0.15) is 5.75 Å². The highest BCUT2D eigenvalue weighted by atomic mass is 19.3. The van der Waals surface area contributed by atoms with Gasteiger partial charge in [-0.2, -0.15) is 0 Å². The van der Waals surface area contributed by atoms with E-state index in [4.69, 9.17) is 0 Å². The lowest BCUT2D eigenvalue weighted by Crippen LogP contribution is -2.22. The molecule has 0 fully saturated rings. The molecule has 0 atom stereocenters. The number of phenols is 1. The number of hydrogen-bond acceptors (Lipinski definition) is 2. The fourth-order valence-electron chi connectivity index (χ4n) is 1.57. The summed E-state index contributed by atoms with van der Waals surface area (Å²) in [6.07, 6.45) is -2.71. The van der Waals surface area contributed by atoms with Gasteiger partial charge >= 0.3 is 0 Å². The number of alkyl halides is 2. The Labute approximate surface area is 93.5 Å². The Hall–Kier alpha value is -1.16. The first kappa shape index (κ1) is 12.9. The first-order valence-electron chi connectivity index (χ1n) is 5.02. The zero-order chi connectivity index (χ0) is 12.5. The second-order valence-electron chi connectivity index (χ2n) is 4.59. The fraction of sp³-hybridized carbons (Fsp3) is 0.500. The highest BCUT2D eigenvalue weighted by Crippen LogP contribution is 2.38. The van der Waals surface area contributed by atoms with Gasteiger partial charge in [-0.25, -0.2) is 8.78 Å². The summed E-state index contributed by atoms with van der Waals surface area (Å²) in [5, 5.41) is 19.0. The third-order valence-corrected chi connectivity index (χ3v) is 2.64. The molecule has 0 bridgehead atoms. The van der Waals surface area contributed by atoms with E-state index >= 15 is 0 Å². The van der Waals surface area contributed by atoms with Crippen molar-refractivity contribution in [1.29, 1.82) is 0 Å². The molecule has 0 saturated heterocycles. The maximum Gasteiger partial charge on any atom is 0.267 e. The summed E-state index contributed by atoms with van der Waals surface area (Å²) in [7, 11) is 0. The van der Waals surface area contributed by atoms with E-state index in [0.29, 0.717) is 11.1 Å². The molecule has 0 aromatic heterocycles. The van der Waals surface area contributed by atoms with Crippen LogP contribution in [-0.4, -0.2) is 16.8 Å². The standard InChI is InChI=1S/C12H16F2O2/c1-7-4-8(11(13)14)10(16)9(5-7)12(2,3)6-15/h4-5,11,15-16H,6H2,1-3H3. The molecule has 90 valence electrons. The lowest BCUT2D eigenvalue weighted by atomic mass is 9.83. The molecule has 1 aromatic carbocycles. The topological polar surface area (TPSA) is 40.5 Å². The monoisotopic (exact) mass is 230 g/mol. The van der Waals surface area contributed by atoms with E-state index in [-0.39, 0.29) is 12.2 Å². The van der Waals surface area contributed by atoms with Gasteiger partial charge in [-0.3, -0.25) is 0 Å². The van der Waals surface area contributed by atoms with E-state index in [1.165, 1.54) is 6.07 Å². The van der Waals surface area contributed by atoms with Crippen molar-refractivity contribution in [3.05, 3.63) is 28.8 Å². The summed E-state index contributed by atoms with van der Waals surface area (Å²) in [5.41, 5.74) is -0.119. The molecular formula is C12H16F2O2. The summed E-state index contributed by atoms with van der Waals surface area (Å²) in [6.45, 7) is 4.85. The molecule has 0 aliphatic carbocycles. The van der Waals surface area contributed by atoms with Gasteiger partial charge in [-0.05, 0) is 13.0 Å². The summed E-state index contributed by atoms with van der Waals surface area (Å²) >= 11 is 0. The maximum atomic E-state index is 12.7. The van der Waals surface area contributed by atoms with Crippen LogP contribution in [0.1, 0.15) is 37.0 Å². The Kier molecular flexibility index (Phi) is 3.53. The molecule has 1 rings (SSSR count). The lowest BCUT2D eigenvalue weighted by Gasteiger charge is -2.25. The molecule has 1 aromatic rings. The van der Waals surface area contributed by atoms with Gasteiger partial charge in [0.05, 0.1) is 12.2 Å². The van der Waals surface area contributed by atoms with Crippen LogP contribution in [-0.2, 0) is 5.41 Å². The number of aromatic hydroxyl groups is 1. The normalized spacial score (nSPS) is 12.2. The summed E-state index contributed by atoms with van der Waals surface area (Å²) in [6, 6.07) is 2.88. The van der Waals surface area contributed by atoms with Crippen molar-refractivity contribution in [3.8, 4) is 5.75 Å². The minimum atomic E-state index is -2.71. The van der Waals surface area contributed by atoms with Crippen LogP contribution in [0.4, 0.5) is 8.78 Å². The molecule has 16 heavy (non-hydrogen) atoms. The number of halogens is 2. The molecule has 0 unspecified atom stereocenters. The van der Waals surface area contributed by atoms with E-state index < -0.39 is 17.6 Å². The van der Waals surface area contributed by atoms with Crippen LogP contribution in [0.15, 0.2) is 12.1 Å². The van der Waals surface area contributed by atoms with Crippen molar-refractivity contribution < 1.29 is 19.0 Å². The van der Waals surface area contributed by atoms with Gasteiger partial charge in [0.15, 0.2) is 0 Å². The van der Waals surface area contributed by atoms with Gasteiger partial charge in [0.25, 0.3) is 6.43 Å². The van der Waals surface area contributed by atoms with Crippen LogP contribution < -0.4 is 0 Å². The predicted octanol–water partition coefficient (Wildman–Crippen LogP) is 2.91. The van der Waals surface area contributed by atoms with E-state index in [1.807, 2.05) is 0 Å². The van der Waals surface area contributed by atoms with Crippen molar-refractivity contribution >= 4 is 0 Å². The molecule has 0 radical (unpaired) electrons. The van der Waals surface area contributed by atoms with Crippen molar-refractivity contribution in [1.82, 2.24) is 0 Å². The molecule has 0 heterocycles. The second-order valence-corrected chi connectivity index (χ2v) is 4.59. The lowest BCUT2D eigenvalue weighted by molar-refractivity contribution is 0.146. The third kappa shape index (κ3) is 2.32. The third-order valence-electron chi connectivity index (χ3n) is 2.64. The molecule has 2 nitrogen and oxygen atoms in total. The predicted molar refractivity (Wildman–Crippen MR) is 57.9 cm³/mol. The van der Waals surface area contributed by atoms with Crippen LogP contribution in [0, 0.1) is 6.92 Å². The molecule has 4 heteroatoms. The van der Waals surface area contributed by atoms with E-state index in [2.05, 4.69) is 0 Å². The summed E-state index contributed by atoms with van der Waals surface area (Å²) in [5.74, 6) is -0.417. The highest BCUT2D eigenvalue weighted by Gasteiger charge is 2.27. The molecular weight excluding hydrogens is 214 g/mol. The number of rotatable bonds is 3. The van der Waals surface area contributed by atoms with E-state index in [1.54, 1.807) is 26.8 Å². The van der Waals surface area contributed by atoms with Crippen LogP contribution in [0.3, 0.4) is 0 Å². The second kappa shape index (κ2) is 4.37. The fourth-order valence-corrected chi connectivity index (χ4v) is 1.57. The number of hydrogen-bond donors (Lipinski definition) is 2. The van der Waals surface area contributed by atoms with Gasteiger partial charge < -0.3 is 10.2 Å². The number of aliphatic hydroxyl groups is 1. The average Bonchev–Trinajstić information content (AvgIpc) is 2.20. The van der Waals surface area contributed by atoms with Gasteiger partial charge in [-0.15, -0.1) is 0 Å². The number of phenolic OH excluding ortho intramolecular Hbond substituents is 1. The van der Waals surface area contributed by atoms with E-state index in [9.17, 15) is 19.0 Å². The van der Waals surface area contributed by atoms with Crippen LogP contribution >= 0.6 is 0 Å². The van der Waals surface area contributed by atoms with Crippen molar-refractivity contribution in [3.63, 3.8) is 0 Å². The number of aryl methyl sites for hydroxylation is 1. The van der Waals surface area contributed by atoms with Gasteiger partial charge in [0.2, 0.25) is 0 Å². The largest absolute Gasteiger partial charge is 0.507 e. The van der Waals surface area contributed by atoms with Crippen LogP contribution in [0.5, 0.6) is 5.75 Å². The minimum Gasteiger partial charge on any atom is -0.507 e. The Bertz CT molecular complexity index is 387. The Balaban J connectivity index is 3.41. The number of aliphatic hydroxyl groups excluding tert-OH is 1. The zero-order valence-electron chi connectivity index (χ0n) is 9.59. The van der Waals surface area contributed by atoms with Crippen LogP contribution in [0.25, 0.3) is 0 Å². The smallest absolute Gasteiger partial charge is 0.267 e. The Morgan fingerprint density at radius 1 is 1.31 bits per heavy atom. The van der Waals surface area contributed by atoms with Gasteiger partial charge in [-0.1, -0.05) is 25.5 Å². The van der Waals surface area contributed by atoms with Crippen molar-refractivity contribution in [2.24, 2.45) is 0 Å². The highest BCUT2D eigenvalue weighted by molar-refractivity contribution is 5.47. The Morgan fingerprint density at radius 2 is 1.88 bits per heavy atom. The first-order chi connectivity index (χ1) is 7.29. The Morgan fingerprint density at radius 3 is 2.31 bits per heavy atom. The molecule has 0 saturated carbocycles. The zero-order valence-corrected chi connectivity index (χ0v) is 9.59. The van der Waals surface area contributed by atoms with E-state index in [0.717, 1.165) is 0 Å². The van der Waals surface area contributed by atoms with Crippen LogP contribution in [0.2, 0.25) is 0 Å². The van der Waals surface area contributed by atoms with Gasteiger partial charge in [0, 0.05) is 11.0 Å². The maximum absolute atomic E-state index is 12.7. The summed E-state index contributed by atoms with van der Waals surface area (Å²) in [4.78, 5) is 0. The SMILES string of the molecule is Cc1cc(C(F)F)c(O)c(C(C)(C)CO)c1. The molecule has 0 aliphatic heterocycles. The van der Waals surface area contributed by atoms with Crippen molar-refractivity contribution in [2.45, 2.75) is 32.6 Å². The molecule has 0 spiro atoms.